The Labute approximate surface area is 67.8 Å². The summed E-state index contributed by atoms with van der Waals surface area (Å²) < 4.78 is 65.6. The van der Waals surface area contributed by atoms with Crippen LogP contribution in [0.3, 0.4) is 0 Å². The van der Waals surface area contributed by atoms with Crippen LogP contribution >= 0.6 is 0 Å². The van der Waals surface area contributed by atoms with E-state index in [0.29, 0.717) is 0 Å². The van der Waals surface area contributed by atoms with E-state index in [4.69, 9.17) is 9.15 Å². The van der Waals surface area contributed by atoms with Crippen LogP contribution < -0.4 is 0 Å². The molecule has 3 radical (unpaired) electrons. The van der Waals surface area contributed by atoms with Crippen LogP contribution in [0.1, 0.15) is 0 Å². The molecule has 0 amide bonds. The monoisotopic (exact) mass is 375 g/mol. The molecule has 0 aliphatic carbocycles. The molecule has 0 aromatic rings. The van der Waals surface area contributed by atoms with Crippen molar-refractivity contribution in [1.82, 2.24) is 0 Å². The van der Waals surface area contributed by atoms with E-state index in [1.807, 2.05) is 0 Å². The molecule has 0 rings (SSSR count). The van der Waals surface area contributed by atoms with Crippen molar-refractivity contribution in [1.29, 1.82) is 0 Å². The van der Waals surface area contributed by atoms with Crippen molar-refractivity contribution >= 4 is 44.7 Å². The van der Waals surface area contributed by atoms with Crippen LogP contribution in [0, 0.1) is 0 Å². The Morgan fingerprint density at radius 1 is 0.667 bits per heavy atom. The van der Waals surface area contributed by atoms with Crippen LogP contribution in [0.4, 0.5) is 23.2 Å². The van der Waals surface area contributed by atoms with Gasteiger partial charge < -0.3 is 0 Å². The van der Waals surface area contributed by atoms with E-state index in [0.717, 1.165) is 0 Å². The van der Waals surface area contributed by atoms with Crippen molar-refractivity contribution in [3.8, 4) is 0 Å². The Morgan fingerprint density at radius 2 is 0.667 bits per heavy atom. The summed E-state index contributed by atoms with van der Waals surface area (Å²) >= 11 is -9.19. The summed E-state index contributed by atoms with van der Waals surface area (Å²) in [4.78, 5) is 0. The molecule has 0 unspecified atom stereocenters. The fraction of sp³-hybridized carbons (Fsp3) is 0. The molecule has 0 saturated heterocycles. The molecule has 0 saturated carbocycles. The fourth-order valence-electron chi connectivity index (χ4n) is 0. The first-order valence-electron chi connectivity index (χ1n) is 0.988. The third kappa shape index (κ3) is 355. The zero-order valence-electron chi connectivity index (χ0n) is 3.54. The molecule has 0 aromatic carbocycles. The third-order valence-corrected chi connectivity index (χ3v) is 0. The van der Waals surface area contributed by atoms with Gasteiger partial charge in [0, 0.05) is 33.6 Å². The number of halogens is 7. The van der Waals surface area contributed by atoms with Crippen molar-refractivity contribution in [3.05, 3.63) is 0 Å². The predicted octanol–water partition coefficient (Wildman–Crippen LogP) is 2.18. The van der Waals surface area contributed by atoms with Gasteiger partial charge in [0.1, 0.15) is 0 Å². The van der Waals surface area contributed by atoms with Gasteiger partial charge in [0.15, 0.2) is 0 Å². The summed E-state index contributed by atoms with van der Waals surface area (Å²) in [6, 6.07) is 0. The summed E-state index contributed by atoms with van der Waals surface area (Å²) in [5, 5.41) is 0. The van der Waals surface area contributed by atoms with E-state index < -0.39 is 20.3 Å². The molecule has 0 aromatic heterocycles. The second kappa shape index (κ2) is 4.89. The van der Waals surface area contributed by atoms with Gasteiger partial charge in [-0.3, -0.25) is 0 Å². The molecule has 0 aliphatic heterocycles. The fourth-order valence-corrected chi connectivity index (χ4v) is 0. The summed E-state index contributed by atoms with van der Waals surface area (Å²) in [6.45, 7) is 0. The SMILES string of the molecule is FF.[F][Sb]([F])([F])([F])[F].[Sb]. The van der Waals surface area contributed by atoms with E-state index in [1.54, 1.807) is 0 Å². The van der Waals surface area contributed by atoms with Gasteiger partial charge in [0.2, 0.25) is 0 Å². The van der Waals surface area contributed by atoms with Crippen molar-refractivity contribution in [2.45, 2.75) is 0 Å². The van der Waals surface area contributed by atoms with E-state index in [9.17, 15) is 14.1 Å². The van der Waals surface area contributed by atoms with Gasteiger partial charge in [0.05, 0.1) is 0 Å². The summed E-state index contributed by atoms with van der Waals surface area (Å²) in [6.07, 6.45) is 0. The summed E-state index contributed by atoms with van der Waals surface area (Å²) in [5.41, 5.74) is 0. The average molecular weight is 377 g/mol. The molecule has 0 bridgehead atoms. The van der Waals surface area contributed by atoms with Gasteiger partial charge >= 0.3 is 34.4 Å². The van der Waals surface area contributed by atoms with Gasteiger partial charge in [0.25, 0.3) is 0 Å². The van der Waals surface area contributed by atoms with E-state index in [2.05, 4.69) is 0 Å². The maximum atomic E-state index is 9.91. The minimum Gasteiger partial charge on any atom is 0 e. The molecular formula is F7Sb2. The average Bonchev–Trinajstić information content (AvgIpc) is 1.33. The van der Waals surface area contributed by atoms with Gasteiger partial charge in [-0.1, -0.05) is 0 Å². The summed E-state index contributed by atoms with van der Waals surface area (Å²) in [7, 11) is 0. The Kier molecular flexibility index (Phi) is 9.02. The minimum absolute atomic E-state index is 0. The summed E-state index contributed by atoms with van der Waals surface area (Å²) in [5.74, 6) is 0. The van der Waals surface area contributed by atoms with Crippen molar-refractivity contribution in [2.24, 2.45) is 0 Å². The van der Waals surface area contributed by atoms with Crippen LogP contribution in [0.25, 0.3) is 0 Å². The molecule has 9 heteroatoms. The van der Waals surface area contributed by atoms with Crippen molar-refractivity contribution in [2.75, 3.05) is 0 Å². The maximum absolute atomic E-state index is 9.91. The van der Waals surface area contributed by atoms with E-state index in [-0.39, 0.29) is 24.4 Å². The Bertz CT molecular complexity index is 40.1. The van der Waals surface area contributed by atoms with E-state index in [1.165, 1.54) is 0 Å². The molecule has 0 aliphatic rings. The Hall–Kier alpha value is 1.15. The molecule has 9 heavy (non-hydrogen) atoms. The first-order chi connectivity index (χ1) is 3.24. The first-order valence-corrected chi connectivity index (χ1v) is 5.81. The third-order valence-electron chi connectivity index (χ3n) is 0. The standard InChI is InChI=1S/F2.5FH.2Sb/c1-2;;;;;;;/h;5*1H;;/q;;;;;;;+5/p-5. The van der Waals surface area contributed by atoms with Crippen LogP contribution in [0.2, 0.25) is 0 Å². The zero-order valence-corrected chi connectivity index (χ0v) is 8.65. The Morgan fingerprint density at radius 3 is 0.667 bits per heavy atom. The van der Waals surface area contributed by atoms with E-state index >= 15 is 0 Å². The first kappa shape index (κ1) is 16.6. The van der Waals surface area contributed by atoms with Crippen LogP contribution in [0.5, 0.6) is 0 Å². The van der Waals surface area contributed by atoms with Crippen LogP contribution in [0.15, 0.2) is 0 Å². The molecule has 0 nitrogen and oxygen atoms in total. The second-order valence-corrected chi connectivity index (χ2v) is 4.29. The zero-order chi connectivity index (χ0) is 7.45. The van der Waals surface area contributed by atoms with Gasteiger partial charge in [-0.15, -0.1) is 0 Å². The predicted molar refractivity (Wildman–Crippen MR) is 19.3 cm³/mol. The Balaban J connectivity index is -0.000000109. The molecule has 0 spiro atoms. The van der Waals surface area contributed by atoms with Crippen molar-refractivity contribution in [3.63, 3.8) is 0 Å². The molecule has 0 atom stereocenters. The minimum atomic E-state index is -9.19. The van der Waals surface area contributed by atoms with Gasteiger partial charge in [-0.2, -0.15) is 0 Å². The molecule has 0 heterocycles. The smallest absolute Gasteiger partial charge is 0 e. The van der Waals surface area contributed by atoms with Crippen LogP contribution in [-0.4, -0.2) is 44.7 Å². The molecule has 0 fully saturated rings. The van der Waals surface area contributed by atoms with Crippen LogP contribution in [-0.2, 0) is 0 Å². The molecular weight excluding hydrogens is 377 g/mol. The van der Waals surface area contributed by atoms with Gasteiger partial charge in [-0.25, -0.2) is 0 Å². The largest absolute Gasteiger partial charge is 0 e. The maximum Gasteiger partial charge on any atom is 0 e. The molecule has 0 N–H and O–H groups in total. The quantitative estimate of drug-likeness (QED) is 0.449. The normalized spacial score (nSPS) is 13.4. The number of hydrogen-bond donors (Lipinski definition) is 0. The second-order valence-electron chi connectivity index (χ2n) is 0.639. The van der Waals surface area contributed by atoms with Gasteiger partial charge in [-0.05, 0) is 0 Å². The van der Waals surface area contributed by atoms with Crippen molar-refractivity contribution < 1.29 is 23.2 Å². The number of hydrogen-bond acceptors (Lipinski definition) is 0. The molecule has 59 valence electrons. The number of rotatable bonds is 0. The topological polar surface area (TPSA) is 0 Å².